The van der Waals surface area contributed by atoms with E-state index in [1.165, 1.54) is 4.90 Å². The Bertz CT molecular complexity index is 1050. The van der Waals surface area contributed by atoms with Crippen LogP contribution in [0.1, 0.15) is 32.1 Å². The molecule has 8 heteroatoms. The average Bonchev–Trinajstić information content (AvgIpc) is 3.36. The van der Waals surface area contributed by atoms with Gasteiger partial charge in [-0.15, -0.1) is 0 Å². The Morgan fingerprint density at radius 1 is 1.20 bits per heavy atom. The number of carbonyl (C=O) groups excluding carboxylic acids is 1. The smallest absolute Gasteiger partial charge is 0.232 e. The highest BCUT2D eigenvalue weighted by Gasteiger charge is 2.36. The molecule has 1 unspecified atom stereocenters. The second-order valence-electron chi connectivity index (χ2n) is 7.69. The van der Waals surface area contributed by atoms with E-state index in [4.69, 9.17) is 9.26 Å². The van der Waals surface area contributed by atoms with Gasteiger partial charge >= 0.3 is 0 Å². The van der Waals surface area contributed by atoms with Crippen molar-refractivity contribution in [2.45, 2.75) is 26.2 Å². The molecule has 1 aromatic heterocycles. The molecule has 0 spiro atoms. The Labute approximate surface area is 172 Å². The number of halogens is 2. The summed E-state index contributed by atoms with van der Waals surface area (Å²) in [5.41, 5.74) is 0.665. The maximum atomic E-state index is 14.1. The lowest BCUT2D eigenvalue weighted by molar-refractivity contribution is -0.117. The molecule has 0 radical (unpaired) electrons. The van der Waals surface area contributed by atoms with Crippen LogP contribution in [0, 0.1) is 17.6 Å². The second kappa shape index (κ2) is 8.22. The minimum atomic E-state index is -0.656. The zero-order valence-electron chi connectivity index (χ0n) is 16.6. The van der Waals surface area contributed by atoms with Gasteiger partial charge in [0.05, 0.1) is 18.2 Å². The van der Waals surface area contributed by atoms with E-state index >= 15 is 0 Å². The van der Waals surface area contributed by atoms with Gasteiger partial charge in [-0.2, -0.15) is 4.98 Å². The van der Waals surface area contributed by atoms with Crippen LogP contribution >= 0.6 is 0 Å². The molecule has 6 nitrogen and oxygen atoms in total. The van der Waals surface area contributed by atoms with Gasteiger partial charge in [0.25, 0.3) is 0 Å². The topological polar surface area (TPSA) is 68.5 Å². The lowest BCUT2D eigenvalue weighted by Gasteiger charge is -2.16. The van der Waals surface area contributed by atoms with Crippen LogP contribution in [0.5, 0.6) is 5.75 Å². The first-order valence-corrected chi connectivity index (χ1v) is 9.73. The Morgan fingerprint density at radius 3 is 2.70 bits per heavy atom. The number of ether oxygens (including phenoxy) is 1. The first kappa shape index (κ1) is 20.0. The number of benzene rings is 2. The third-order valence-corrected chi connectivity index (χ3v) is 4.81. The quantitative estimate of drug-likeness (QED) is 0.592. The largest absolute Gasteiger partial charge is 0.493 e. The van der Waals surface area contributed by atoms with Gasteiger partial charge in [0.1, 0.15) is 17.4 Å². The molecular weight excluding hydrogens is 392 g/mol. The number of rotatable bonds is 6. The number of aromatic nitrogens is 2. The van der Waals surface area contributed by atoms with Crippen molar-refractivity contribution in [3.63, 3.8) is 0 Å². The lowest BCUT2D eigenvalue weighted by Crippen LogP contribution is -2.25. The van der Waals surface area contributed by atoms with E-state index in [0.29, 0.717) is 18.3 Å². The van der Waals surface area contributed by atoms with Crippen LogP contribution < -0.4 is 9.64 Å². The normalized spacial score (nSPS) is 16.5. The van der Waals surface area contributed by atoms with Crippen LogP contribution in [0.15, 0.2) is 47.0 Å². The summed E-state index contributed by atoms with van der Waals surface area (Å²) in [6.07, 6.45) is 0.0829. The van der Waals surface area contributed by atoms with E-state index in [0.717, 1.165) is 29.5 Å². The van der Waals surface area contributed by atoms with Crippen LogP contribution in [0.25, 0.3) is 11.4 Å². The molecule has 0 bridgehead atoms. The number of hydrogen-bond acceptors (Lipinski definition) is 5. The summed E-state index contributed by atoms with van der Waals surface area (Å²) in [6.45, 7) is 4.92. The van der Waals surface area contributed by atoms with E-state index in [9.17, 15) is 13.6 Å². The molecule has 0 N–H and O–H groups in total. The average molecular weight is 413 g/mol. The predicted octanol–water partition coefficient (Wildman–Crippen LogP) is 4.57. The zero-order valence-corrected chi connectivity index (χ0v) is 16.6. The van der Waals surface area contributed by atoms with E-state index in [-0.39, 0.29) is 30.5 Å². The SMILES string of the molecule is CC(C)COc1ccc(-c2noc(C3CC(=O)N(c4cc(F)ccc4F)C3)n2)cc1. The first-order valence-electron chi connectivity index (χ1n) is 9.73. The van der Waals surface area contributed by atoms with Crippen LogP contribution in [0.3, 0.4) is 0 Å². The van der Waals surface area contributed by atoms with Crippen molar-refractivity contribution >= 4 is 11.6 Å². The highest BCUT2D eigenvalue weighted by atomic mass is 19.1. The van der Waals surface area contributed by atoms with E-state index in [1.807, 2.05) is 24.3 Å². The van der Waals surface area contributed by atoms with Crippen molar-refractivity contribution in [3.8, 4) is 17.1 Å². The number of amides is 1. The number of hydrogen-bond donors (Lipinski definition) is 0. The van der Waals surface area contributed by atoms with E-state index < -0.39 is 17.6 Å². The molecule has 1 fully saturated rings. The Morgan fingerprint density at radius 2 is 1.97 bits per heavy atom. The summed E-state index contributed by atoms with van der Waals surface area (Å²) >= 11 is 0. The van der Waals surface area contributed by atoms with E-state index in [1.54, 1.807) is 0 Å². The highest BCUT2D eigenvalue weighted by Crippen LogP contribution is 2.33. The minimum Gasteiger partial charge on any atom is -0.493 e. The maximum absolute atomic E-state index is 14.1. The Kier molecular flexibility index (Phi) is 5.48. The van der Waals surface area contributed by atoms with Crippen molar-refractivity contribution in [3.05, 3.63) is 60.0 Å². The minimum absolute atomic E-state index is 0.0829. The van der Waals surface area contributed by atoms with Crippen molar-refractivity contribution in [2.24, 2.45) is 5.92 Å². The van der Waals surface area contributed by atoms with Crippen molar-refractivity contribution in [1.29, 1.82) is 0 Å². The van der Waals surface area contributed by atoms with Crippen LogP contribution in [0.2, 0.25) is 0 Å². The summed E-state index contributed by atoms with van der Waals surface area (Å²) in [5, 5.41) is 4.00. The first-order chi connectivity index (χ1) is 14.4. The van der Waals surface area contributed by atoms with Crippen molar-refractivity contribution < 1.29 is 22.8 Å². The molecule has 3 aromatic rings. The molecular formula is C22H21F2N3O3. The van der Waals surface area contributed by atoms with Crippen molar-refractivity contribution in [1.82, 2.24) is 10.1 Å². The predicted molar refractivity (Wildman–Crippen MR) is 106 cm³/mol. The Hall–Kier alpha value is -3.29. The fraction of sp³-hybridized carbons (Fsp3) is 0.318. The highest BCUT2D eigenvalue weighted by molar-refractivity contribution is 5.96. The van der Waals surface area contributed by atoms with Crippen LogP contribution in [-0.2, 0) is 4.79 Å². The molecule has 2 aromatic carbocycles. The van der Waals surface area contributed by atoms with Gasteiger partial charge in [0, 0.05) is 24.6 Å². The molecule has 30 heavy (non-hydrogen) atoms. The summed E-state index contributed by atoms with van der Waals surface area (Å²) in [6, 6.07) is 10.4. The van der Waals surface area contributed by atoms with Crippen molar-refractivity contribution in [2.75, 3.05) is 18.1 Å². The monoisotopic (exact) mass is 413 g/mol. The summed E-state index contributed by atoms with van der Waals surface area (Å²) in [5.74, 6) is -0.115. The molecule has 1 aliphatic heterocycles. The van der Waals surface area contributed by atoms with Crippen LogP contribution in [-0.4, -0.2) is 29.2 Å². The van der Waals surface area contributed by atoms with Gasteiger partial charge in [-0.3, -0.25) is 4.79 Å². The number of carbonyl (C=O) groups is 1. The molecule has 156 valence electrons. The lowest BCUT2D eigenvalue weighted by atomic mass is 10.1. The number of anilines is 1. The summed E-state index contributed by atoms with van der Waals surface area (Å²) < 4.78 is 38.6. The molecule has 0 aliphatic carbocycles. The summed E-state index contributed by atoms with van der Waals surface area (Å²) in [4.78, 5) is 18.0. The molecule has 1 aliphatic rings. The van der Waals surface area contributed by atoms with Gasteiger partial charge in [0.2, 0.25) is 17.6 Å². The third kappa shape index (κ3) is 4.17. The fourth-order valence-electron chi connectivity index (χ4n) is 3.28. The second-order valence-corrected chi connectivity index (χ2v) is 7.69. The molecule has 1 atom stereocenters. The van der Waals surface area contributed by atoms with Gasteiger partial charge in [0.15, 0.2) is 0 Å². The Balaban J connectivity index is 1.48. The van der Waals surface area contributed by atoms with Gasteiger partial charge in [-0.25, -0.2) is 8.78 Å². The van der Waals surface area contributed by atoms with Gasteiger partial charge < -0.3 is 14.2 Å². The zero-order chi connectivity index (χ0) is 21.3. The maximum Gasteiger partial charge on any atom is 0.232 e. The molecule has 1 saturated heterocycles. The summed E-state index contributed by atoms with van der Waals surface area (Å²) in [7, 11) is 0. The molecule has 1 amide bonds. The molecule has 0 saturated carbocycles. The third-order valence-electron chi connectivity index (χ3n) is 4.81. The van der Waals surface area contributed by atoms with Gasteiger partial charge in [-0.05, 0) is 42.3 Å². The van der Waals surface area contributed by atoms with Crippen LogP contribution in [0.4, 0.5) is 14.5 Å². The standard InChI is InChI=1S/C22H21F2N3O3/c1-13(2)12-29-17-6-3-14(4-7-17)21-25-22(30-26-21)15-9-20(28)27(11-15)19-10-16(23)5-8-18(19)24/h3-8,10,13,15H,9,11-12H2,1-2H3. The number of nitrogens with zero attached hydrogens (tertiary/aromatic N) is 3. The molecule has 2 heterocycles. The molecule has 4 rings (SSSR count). The fourth-order valence-corrected chi connectivity index (χ4v) is 3.28. The van der Waals surface area contributed by atoms with E-state index in [2.05, 4.69) is 24.0 Å². The van der Waals surface area contributed by atoms with Gasteiger partial charge in [-0.1, -0.05) is 19.0 Å².